The topological polar surface area (TPSA) is 41.6 Å². The Morgan fingerprint density at radius 3 is 2.63 bits per heavy atom. The summed E-state index contributed by atoms with van der Waals surface area (Å²) >= 11 is 6.17. The molecule has 0 aliphatic heterocycles. The van der Waals surface area contributed by atoms with Gasteiger partial charge < -0.3 is 0 Å². The van der Waals surface area contributed by atoms with Gasteiger partial charge in [0.1, 0.15) is 16.8 Å². The van der Waals surface area contributed by atoms with Crippen molar-refractivity contribution < 1.29 is 0 Å². The van der Waals surface area contributed by atoms with Crippen molar-refractivity contribution in [2.24, 2.45) is 0 Å². The van der Waals surface area contributed by atoms with Crippen LogP contribution >= 0.6 is 11.6 Å². The molecule has 0 aliphatic carbocycles. The predicted molar refractivity (Wildman–Crippen MR) is 76.1 cm³/mol. The van der Waals surface area contributed by atoms with E-state index in [0.717, 1.165) is 31.5 Å². The molecule has 4 heteroatoms. The van der Waals surface area contributed by atoms with Crippen molar-refractivity contribution in [3.8, 4) is 6.07 Å². The van der Waals surface area contributed by atoms with Crippen LogP contribution in [0.5, 0.6) is 0 Å². The van der Waals surface area contributed by atoms with E-state index in [1.807, 2.05) is 25.1 Å². The number of nitriles is 1. The summed E-state index contributed by atoms with van der Waals surface area (Å²) < 4.78 is 1.74. The summed E-state index contributed by atoms with van der Waals surface area (Å²) in [6, 6.07) is 12.5. The van der Waals surface area contributed by atoms with Gasteiger partial charge in [0.15, 0.2) is 0 Å². The van der Waals surface area contributed by atoms with Crippen LogP contribution in [0.1, 0.15) is 30.2 Å². The number of benzene rings is 1. The summed E-state index contributed by atoms with van der Waals surface area (Å²) in [5, 5.41) is 13.9. The lowest BCUT2D eigenvalue weighted by Gasteiger charge is -2.03. The van der Waals surface area contributed by atoms with Gasteiger partial charge in [-0.2, -0.15) is 10.4 Å². The van der Waals surface area contributed by atoms with Crippen molar-refractivity contribution in [3.63, 3.8) is 0 Å². The molecule has 0 unspecified atom stereocenters. The van der Waals surface area contributed by atoms with Gasteiger partial charge in [-0.1, -0.05) is 48.9 Å². The minimum absolute atomic E-state index is 0.465. The SMILES string of the molecule is CCc1nn(CCCc2ccccc2)c(Cl)c1C#N. The maximum absolute atomic E-state index is 9.06. The van der Waals surface area contributed by atoms with Crippen LogP contribution < -0.4 is 0 Å². The summed E-state index contributed by atoms with van der Waals surface area (Å²) in [6.07, 6.45) is 2.67. The molecule has 0 aliphatic rings. The average Bonchev–Trinajstić information content (AvgIpc) is 2.76. The number of aryl methyl sites for hydroxylation is 3. The van der Waals surface area contributed by atoms with Gasteiger partial charge in [-0.3, -0.25) is 4.68 Å². The van der Waals surface area contributed by atoms with Gasteiger partial charge in [0.2, 0.25) is 0 Å². The number of hydrogen-bond acceptors (Lipinski definition) is 2. The highest BCUT2D eigenvalue weighted by Gasteiger charge is 2.14. The second-order valence-corrected chi connectivity index (χ2v) is 4.75. The molecule has 0 bridgehead atoms. The predicted octanol–water partition coefficient (Wildman–Crippen LogP) is 3.60. The van der Waals surface area contributed by atoms with Crippen LogP contribution in [0.3, 0.4) is 0 Å². The molecule has 0 amide bonds. The first kappa shape index (κ1) is 13.6. The highest BCUT2D eigenvalue weighted by Crippen LogP contribution is 2.20. The van der Waals surface area contributed by atoms with Gasteiger partial charge in [0.25, 0.3) is 0 Å². The van der Waals surface area contributed by atoms with Crippen LogP contribution in [-0.4, -0.2) is 9.78 Å². The Morgan fingerprint density at radius 2 is 2.05 bits per heavy atom. The lowest BCUT2D eigenvalue weighted by Crippen LogP contribution is -2.02. The fourth-order valence-electron chi connectivity index (χ4n) is 2.07. The molecule has 98 valence electrons. The highest BCUT2D eigenvalue weighted by molar-refractivity contribution is 6.30. The molecule has 1 aromatic carbocycles. The maximum Gasteiger partial charge on any atom is 0.145 e. The summed E-state index contributed by atoms with van der Waals surface area (Å²) in [5.41, 5.74) is 2.61. The van der Waals surface area contributed by atoms with Crippen LogP contribution in [0.4, 0.5) is 0 Å². The van der Waals surface area contributed by atoms with Gasteiger partial charge in [0, 0.05) is 6.54 Å². The Balaban J connectivity index is 2.01. The van der Waals surface area contributed by atoms with E-state index in [1.165, 1.54) is 5.56 Å². The molecule has 0 radical (unpaired) electrons. The Bertz CT molecular complexity index is 581. The van der Waals surface area contributed by atoms with Crippen LogP contribution in [-0.2, 0) is 19.4 Å². The zero-order chi connectivity index (χ0) is 13.7. The van der Waals surface area contributed by atoms with E-state index in [2.05, 4.69) is 23.3 Å². The molecule has 2 rings (SSSR count). The molecule has 0 saturated carbocycles. The van der Waals surface area contributed by atoms with Crippen molar-refractivity contribution in [2.75, 3.05) is 0 Å². The number of nitrogens with zero attached hydrogens (tertiary/aromatic N) is 3. The first-order valence-corrected chi connectivity index (χ1v) is 6.83. The van der Waals surface area contributed by atoms with Crippen molar-refractivity contribution in [1.29, 1.82) is 5.26 Å². The second kappa shape index (κ2) is 6.40. The van der Waals surface area contributed by atoms with E-state index in [4.69, 9.17) is 16.9 Å². The summed E-state index contributed by atoms with van der Waals surface area (Å²) in [5.74, 6) is 0. The Hall–Kier alpha value is -1.79. The van der Waals surface area contributed by atoms with E-state index in [-0.39, 0.29) is 0 Å². The van der Waals surface area contributed by atoms with Crippen LogP contribution in [0.15, 0.2) is 30.3 Å². The number of aromatic nitrogens is 2. The quantitative estimate of drug-likeness (QED) is 0.835. The molecule has 2 aromatic rings. The molecule has 0 saturated heterocycles. The van der Waals surface area contributed by atoms with E-state index >= 15 is 0 Å². The van der Waals surface area contributed by atoms with Crippen LogP contribution in [0, 0.1) is 11.3 Å². The fraction of sp³-hybridized carbons (Fsp3) is 0.333. The summed E-state index contributed by atoms with van der Waals surface area (Å²) in [4.78, 5) is 0. The molecular formula is C15H16ClN3. The lowest BCUT2D eigenvalue weighted by molar-refractivity contribution is 0.573. The van der Waals surface area contributed by atoms with Gasteiger partial charge in [-0.25, -0.2) is 0 Å². The highest BCUT2D eigenvalue weighted by atomic mass is 35.5. The Labute approximate surface area is 118 Å². The minimum Gasteiger partial charge on any atom is -0.252 e. The third kappa shape index (κ3) is 3.15. The molecule has 3 nitrogen and oxygen atoms in total. The molecule has 0 N–H and O–H groups in total. The zero-order valence-corrected chi connectivity index (χ0v) is 11.7. The van der Waals surface area contributed by atoms with Crippen LogP contribution in [0.2, 0.25) is 5.15 Å². The normalized spacial score (nSPS) is 10.4. The molecular weight excluding hydrogens is 258 g/mol. The smallest absolute Gasteiger partial charge is 0.145 e. The fourth-order valence-corrected chi connectivity index (χ4v) is 2.35. The Morgan fingerprint density at radius 1 is 1.32 bits per heavy atom. The van der Waals surface area contributed by atoms with Gasteiger partial charge in [-0.05, 0) is 24.8 Å². The zero-order valence-electron chi connectivity index (χ0n) is 10.9. The number of halogens is 1. The molecule has 19 heavy (non-hydrogen) atoms. The average molecular weight is 274 g/mol. The molecule has 0 fully saturated rings. The number of rotatable bonds is 5. The van der Waals surface area contributed by atoms with Crippen molar-refractivity contribution in [1.82, 2.24) is 9.78 Å². The van der Waals surface area contributed by atoms with E-state index in [9.17, 15) is 0 Å². The largest absolute Gasteiger partial charge is 0.252 e. The first-order valence-electron chi connectivity index (χ1n) is 6.45. The van der Waals surface area contributed by atoms with Gasteiger partial charge in [0.05, 0.1) is 5.69 Å². The molecule has 0 atom stereocenters. The van der Waals surface area contributed by atoms with Crippen LogP contribution in [0.25, 0.3) is 0 Å². The lowest BCUT2D eigenvalue weighted by atomic mass is 10.1. The maximum atomic E-state index is 9.06. The van der Waals surface area contributed by atoms with Crippen molar-refractivity contribution >= 4 is 11.6 Å². The third-order valence-corrected chi connectivity index (χ3v) is 3.47. The van der Waals surface area contributed by atoms with Gasteiger partial charge in [-0.15, -0.1) is 0 Å². The first-order chi connectivity index (χ1) is 9.26. The number of hydrogen-bond donors (Lipinski definition) is 0. The third-order valence-electron chi connectivity index (χ3n) is 3.09. The van der Waals surface area contributed by atoms with E-state index in [1.54, 1.807) is 4.68 Å². The molecule has 0 spiro atoms. The summed E-state index contributed by atoms with van der Waals surface area (Å²) in [6.45, 7) is 2.72. The van der Waals surface area contributed by atoms with Crippen molar-refractivity contribution in [2.45, 2.75) is 32.7 Å². The Kier molecular flexibility index (Phi) is 4.59. The van der Waals surface area contributed by atoms with E-state index in [0.29, 0.717) is 10.7 Å². The second-order valence-electron chi connectivity index (χ2n) is 4.39. The minimum atomic E-state index is 0.465. The van der Waals surface area contributed by atoms with E-state index < -0.39 is 0 Å². The standard InChI is InChI=1S/C15H16ClN3/c1-2-14-13(11-17)15(16)19(18-14)10-6-9-12-7-4-3-5-8-12/h3-5,7-8H,2,6,9-10H2,1H3. The molecule has 1 aromatic heterocycles. The summed E-state index contributed by atoms with van der Waals surface area (Å²) in [7, 11) is 0. The van der Waals surface area contributed by atoms with Gasteiger partial charge >= 0.3 is 0 Å². The molecule has 1 heterocycles. The monoisotopic (exact) mass is 273 g/mol. The van der Waals surface area contributed by atoms with Crippen molar-refractivity contribution in [3.05, 3.63) is 52.3 Å².